The van der Waals surface area contributed by atoms with Crippen molar-refractivity contribution in [3.05, 3.63) is 5.82 Å². The molecular weight excluding hydrogens is 196 g/mol. The Morgan fingerprint density at radius 1 is 1.43 bits per heavy atom. The lowest BCUT2D eigenvalue weighted by Gasteiger charge is -2.10. The third kappa shape index (κ3) is 2.72. The van der Waals surface area contributed by atoms with Gasteiger partial charge < -0.3 is 5.32 Å². The molecule has 0 spiro atoms. The van der Waals surface area contributed by atoms with Crippen molar-refractivity contribution >= 4 is 11.8 Å². The molecule has 0 bridgehead atoms. The van der Waals surface area contributed by atoms with Crippen LogP contribution < -0.4 is 5.32 Å². The number of H-pyrrole nitrogens is 1. The van der Waals surface area contributed by atoms with Gasteiger partial charge in [-0.2, -0.15) is 0 Å². The number of aromatic nitrogens is 3. The zero-order chi connectivity index (χ0) is 9.80. The first-order valence-electron chi connectivity index (χ1n) is 5.11. The van der Waals surface area contributed by atoms with Crippen LogP contribution in [0, 0.1) is 6.92 Å². The maximum atomic E-state index is 4.30. The van der Waals surface area contributed by atoms with Gasteiger partial charge >= 0.3 is 0 Å². The van der Waals surface area contributed by atoms with Crippen molar-refractivity contribution in [3.63, 3.8) is 0 Å². The molecule has 0 amide bonds. The number of thioether (sulfide) groups is 1. The van der Waals surface area contributed by atoms with Gasteiger partial charge in [0.15, 0.2) is 0 Å². The molecule has 2 rings (SSSR count). The minimum absolute atomic E-state index is 0.632. The fourth-order valence-electron chi connectivity index (χ4n) is 1.61. The van der Waals surface area contributed by atoms with E-state index < -0.39 is 0 Å². The molecule has 4 nitrogen and oxygen atoms in total. The van der Waals surface area contributed by atoms with Crippen molar-refractivity contribution < 1.29 is 0 Å². The van der Waals surface area contributed by atoms with Gasteiger partial charge in [-0.25, -0.2) is 4.98 Å². The molecule has 1 aliphatic heterocycles. The second-order valence-electron chi connectivity index (χ2n) is 3.64. The summed E-state index contributed by atoms with van der Waals surface area (Å²) >= 11 is 1.78. The number of nitrogens with one attached hydrogen (secondary N) is 2. The second-order valence-corrected chi connectivity index (χ2v) is 4.91. The van der Waals surface area contributed by atoms with Gasteiger partial charge in [-0.3, -0.25) is 5.10 Å². The molecule has 1 saturated heterocycles. The molecule has 0 aromatic carbocycles. The monoisotopic (exact) mass is 212 g/mol. The molecule has 14 heavy (non-hydrogen) atoms. The fourth-order valence-corrected chi connectivity index (χ4v) is 2.68. The molecule has 2 N–H and O–H groups in total. The van der Waals surface area contributed by atoms with Crippen LogP contribution in [0.15, 0.2) is 5.16 Å². The zero-order valence-electron chi connectivity index (χ0n) is 8.42. The predicted molar refractivity (Wildman–Crippen MR) is 57.5 cm³/mol. The van der Waals surface area contributed by atoms with Crippen molar-refractivity contribution in [1.29, 1.82) is 0 Å². The molecule has 1 unspecified atom stereocenters. The van der Waals surface area contributed by atoms with E-state index in [1.54, 1.807) is 11.8 Å². The van der Waals surface area contributed by atoms with E-state index >= 15 is 0 Å². The van der Waals surface area contributed by atoms with Crippen molar-refractivity contribution in [2.75, 3.05) is 13.1 Å². The minimum Gasteiger partial charge on any atom is -0.316 e. The van der Waals surface area contributed by atoms with Gasteiger partial charge in [0.05, 0.1) is 0 Å². The van der Waals surface area contributed by atoms with Crippen LogP contribution in [0.4, 0.5) is 0 Å². The summed E-state index contributed by atoms with van der Waals surface area (Å²) in [5, 5.41) is 12.0. The molecule has 0 radical (unpaired) electrons. The van der Waals surface area contributed by atoms with E-state index in [-0.39, 0.29) is 0 Å². The quantitative estimate of drug-likeness (QED) is 0.777. The summed E-state index contributed by atoms with van der Waals surface area (Å²) in [6.07, 6.45) is 3.88. The van der Waals surface area contributed by atoms with Crippen LogP contribution >= 0.6 is 11.8 Å². The minimum atomic E-state index is 0.632. The van der Waals surface area contributed by atoms with Crippen LogP contribution in [-0.4, -0.2) is 33.5 Å². The van der Waals surface area contributed by atoms with Gasteiger partial charge in [0.25, 0.3) is 0 Å². The lowest BCUT2D eigenvalue weighted by atomic mass is 10.2. The molecule has 0 saturated carbocycles. The molecule has 2 heterocycles. The Balaban J connectivity index is 1.89. The van der Waals surface area contributed by atoms with E-state index in [1.807, 2.05) is 6.92 Å². The lowest BCUT2D eigenvalue weighted by molar-refractivity contribution is 0.706. The Labute approximate surface area is 88.3 Å². The van der Waals surface area contributed by atoms with E-state index in [0.717, 1.165) is 24.1 Å². The van der Waals surface area contributed by atoms with Crippen LogP contribution in [0.2, 0.25) is 0 Å². The third-order valence-electron chi connectivity index (χ3n) is 2.35. The van der Waals surface area contributed by atoms with Crippen molar-refractivity contribution in [2.45, 2.75) is 36.6 Å². The standard InChI is InChI=1S/C9H16N4S/c1-7-11-9(13-12-7)14-8-4-2-3-5-10-6-8/h8,10H,2-6H2,1H3,(H,11,12,13). The first-order valence-corrected chi connectivity index (χ1v) is 5.99. The van der Waals surface area contributed by atoms with Crippen LogP contribution in [-0.2, 0) is 0 Å². The van der Waals surface area contributed by atoms with E-state index in [1.165, 1.54) is 19.3 Å². The fraction of sp³-hybridized carbons (Fsp3) is 0.778. The van der Waals surface area contributed by atoms with Crippen LogP contribution in [0.25, 0.3) is 0 Å². The number of aryl methyl sites for hydroxylation is 1. The average Bonchev–Trinajstić information content (AvgIpc) is 2.43. The molecule has 1 fully saturated rings. The number of nitrogens with zero attached hydrogens (tertiary/aromatic N) is 2. The highest BCUT2D eigenvalue weighted by atomic mass is 32.2. The molecule has 1 atom stereocenters. The highest BCUT2D eigenvalue weighted by molar-refractivity contribution is 7.99. The Morgan fingerprint density at radius 3 is 3.14 bits per heavy atom. The molecule has 1 aliphatic rings. The first-order chi connectivity index (χ1) is 6.84. The van der Waals surface area contributed by atoms with E-state index in [4.69, 9.17) is 0 Å². The molecular formula is C9H16N4S. The summed E-state index contributed by atoms with van der Waals surface area (Å²) in [6.45, 7) is 4.17. The Morgan fingerprint density at radius 2 is 2.36 bits per heavy atom. The van der Waals surface area contributed by atoms with E-state index in [9.17, 15) is 0 Å². The SMILES string of the molecule is Cc1nc(SC2CCCCNC2)n[nH]1. The van der Waals surface area contributed by atoms with Gasteiger partial charge in [-0.15, -0.1) is 5.10 Å². The maximum Gasteiger partial charge on any atom is 0.208 e. The number of rotatable bonds is 2. The number of aromatic amines is 1. The average molecular weight is 212 g/mol. The second kappa shape index (κ2) is 4.79. The summed E-state index contributed by atoms with van der Waals surface area (Å²) in [4.78, 5) is 4.30. The summed E-state index contributed by atoms with van der Waals surface area (Å²) in [7, 11) is 0. The van der Waals surface area contributed by atoms with Crippen LogP contribution in [0.3, 0.4) is 0 Å². The van der Waals surface area contributed by atoms with Gasteiger partial charge in [0.2, 0.25) is 5.16 Å². The normalized spacial score (nSPS) is 23.4. The summed E-state index contributed by atoms with van der Waals surface area (Å²) in [5.41, 5.74) is 0. The van der Waals surface area contributed by atoms with Gasteiger partial charge in [-0.1, -0.05) is 18.2 Å². The molecule has 5 heteroatoms. The highest BCUT2D eigenvalue weighted by Gasteiger charge is 2.14. The van der Waals surface area contributed by atoms with Crippen molar-refractivity contribution in [1.82, 2.24) is 20.5 Å². The summed E-state index contributed by atoms with van der Waals surface area (Å²) in [6, 6.07) is 0. The van der Waals surface area contributed by atoms with Crippen molar-refractivity contribution in [3.8, 4) is 0 Å². The topological polar surface area (TPSA) is 53.6 Å². The van der Waals surface area contributed by atoms with Crippen molar-refractivity contribution in [2.24, 2.45) is 0 Å². The Bertz CT molecular complexity index is 278. The molecule has 0 aliphatic carbocycles. The molecule has 78 valence electrons. The zero-order valence-corrected chi connectivity index (χ0v) is 9.23. The maximum absolute atomic E-state index is 4.30. The van der Waals surface area contributed by atoms with Crippen LogP contribution in [0.5, 0.6) is 0 Å². The largest absolute Gasteiger partial charge is 0.316 e. The Hall–Kier alpha value is -0.550. The molecule has 1 aromatic rings. The van der Waals surface area contributed by atoms with E-state index in [0.29, 0.717) is 5.25 Å². The molecule has 1 aromatic heterocycles. The first kappa shape index (κ1) is 9.98. The van der Waals surface area contributed by atoms with Gasteiger partial charge in [0.1, 0.15) is 5.82 Å². The summed E-state index contributed by atoms with van der Waals surface area (Å²) < 4.78 is 0. The lowest BCUT2D eigenvalue weighted by Crippen LogP contribution is -2.22. The number of hydrogen-bond donors (Lipinski definition) is 2. The number of hydrogen-bond acceptors (Lipinski definition) is 4. The highest BCUT2D eigenvalue weighted by Crippen LogP contribution is 2.24. The smallest absolute Gasteiger partial charge is 0.208 e. The van der Waals surface area contributed by atoms with Gasteiger partial charge in [-0.05, 0) is 26.3 Å². The predicted octanol–water partition coefficient (Wildman–Crippen LogP) is 1.35. The van der Waals surface area contributed by atoms with Crippen LogP contribution in [0.1, 0.15) is 25.1 Å². The van der Waals surface area contributed by atoms with E-state index in [2.05, 4.69) is 20.5 Å². The Kier molecular flexibility index (Phi) is 3.42. The van der Waals surface area contributed by atoms with Gasteiger partial charge in [0, 0.05) is 11.8 Å². The summed E-state index contributed by atoms with van der Waals surface area (Å²) in [5.74, 6) is 0.897. The third-order valence-corrected chi connectivity index (χ3v) is 3.48.